The molecule has 0 saturated carbocycles. The second-order valence-electron chi connectivity index (χ2n) is 12.3. The van der Waals surface area contributed by atoms with E-state index in [0.29, 0.717) is 48.6 Å². The van der Waals surface area contributed by atoms with E-state index in [-0.39, 0.29) is 28.2 Å². The van der Waals surface area contributed by atoms with Crippen LogP contribution in [-0.4, -0.2) is 60.5 Å². The third kappa shape index (κ3) is 9.13. The summed E-state index contributed by atoms with van der Waals surface area (Å²) >= 11 is 0. The van der Waals surface area contributed by atoms with Crippen LogP contribution in [0.1, 0.15) is 48.0 Å². The molecule has 54 heavy (non-hydrogen) atoms. The van der Waals surface area contributed by atoms with Crippen molar-refractivity contribution in [3.63, 3.8) is 0 Å². The Balaban J connectivity index is 1.16. The fraction of sp³-hybridized carbons (Fsp3) is 0.171. The van der Waals surface area contributed by atoms with Crippen molar-refractivity contribution in [1.82, 2.24) is 14.9 Å². The van der Waals surface area contributed by atoms with Crippen LogP contribution < -0.4 is 25.5 Å². The summed E-state index contributed by atoms with van der Waals surface area (Å²) in [5.74, 6) is -0.884. The number of benzene rings is 3. The van der Waals surface area contributed by atoms with Gasteiger partial charge in [-0.15, -0.1) is 0 Å². The first-order valence-corrected chi connectivity index (χ1v) is 16.9. The molecule has 2 N–H and O–H groups in total. The Morgan fingerprint density at radius 2 is 1.39 bits per heavy atom. The third-order valence-corrected chi connectivity index (χ3v) is 8.54. The molecule has 0 fully saturated rings. The highest BCUT2D eigenvalue weighted by atomic mass is 16.5. The number of hydrogen-bond acceptors (Lipinski definition) is 11. The van der Waals surface area contributed by atoms with Crippen LogP contribution in [0.25, 0.3) is 11.0 Å². The van der Waals surface area contributed by atoms with Gasteiger partial charge in [0.05, 0.1) is 55.9 Å². The number of anilines is 2. The Morgan fingerprint density at radius 1 is 0.722 bits per heavy atom. The first kappa shape index (κ1) is 36.9. The Morgan fingerprint density at radius 3 is 2.04 bits per heavy atom. The molecule has 0 atom stereocenters. The van der Waals surface area contributed by atoms with Gasteiger partial charge in [-0.1, -0.05) is 24.3 Å². The molecular weight excluding hydrogens is 690 g/mol. The van der Waals surface area contributed by atoms with Crippen LogP contribution in [0.15, 0.2) is 119 Å². The maximum absolute atomic E-state index is 13.6. The molecule has 13 nitrogen and oxygen atoms in total. The van der Waals surface area contributed by atoms with E-state index in [1.807, 2.05) is 36.7 Å². The quantitative estimate of drug-likeness (QED) is 0.124. The predicted molar refractivity (Wildman–Crippen MR) is 202 cm³/mol. The molecule has 3 heterocycles. The number of carbonyl (C=O) groups is 3. The smallest absolute Gasteiger partial charge is 0.337 e. The molecule has 0 bridgehead atoms. The van der Waals surface area contributed by atoms with E-state index < -0.39 is 23.2 Å². The highest BCUT2D eigenvalue weighted by Crippen LogP contribution is 2.23. The monoisotopic (exact) mass is 727 g/mol. The van der Waals surface area contributed by atoms with Crippen molar-refractivity contribution in [2.24, 2.45) is 0 Å². The third-order valence-electron chi connectivity index (χ3n) is 8.54. The number of rotatable bonds is 14. The van der Waals surface area contributed by atoms with Crippen LogP contribution in [0.5, 0.6) is 11.5 Å². The minimum absolute atomic E-state index is 0.0189. The molecule has 0 unspecified atom stereocenters. The number of carbonyl (C=O) groups excluding carboxylic acids is 3. The van der Waals surface area contributed by atoms with Crippen molar-refractivity contribution in [1.29, 1.82) is 0 Å². The summed E-state index contributed by atoms with van der Waals surface area (Å²) in [6.45, 7) is 1.94. The largest absolute Gasteiger partial charge is 0.495 e. The lowest BCUT2D eigenvalue weighted by Crippen LogP contribution is -2.25. The van der Waals surface area contributed by atoms with Gasteiger partial charge in [0, 0.05) is 43.8 Å². The second-order valence-corrected chi connectivity index (χ2v) is 12.3. The summed E-state index contributed by atoms with van der Waals surface area (Å²) in [7, 11) is 4.45. The highest BCUT2D eigenvalue weighted by molar-refractivity contribution is 6.13. The molecule has 0 spiro atoms. The molecule has 0 radical (unpaired) electrons. The predicted octanol–water partition coefficient (Wildman–Crippen LogP) is 6.14. The average molecular weight is 728 g/mol. The molecule has 6 rings (SSSR count). The number of esters is 1. The number of pyridine rings is 2. The van der Waals surface area contributed by atoms with E-state index in [1.165, 1.54) is 25.3 Å². The van der Waals surface area contributed by atoms with Crippen molar-refractivity contribution in [2.45, 2.75) is 19.5 Å². The second kappa shape index (κ2) is 17.1. The van der Waals surface area contributed by atoms with Gasteiger partial charge in [0.25, 0.3) is 11.8 Å². The normalized spacial score (nSPS) is 10.9. The minimum Gasteiger partial charge on any atom is -0.495 e. The van der Waals surface area contributed by atoms with Gasteiger partial charge in [-0.05, 0) is 77.7 Å². The number of hydrogen-bond donors (Lipinski definition) is 2. The van der Waals surface area contributed by atoms with Gasteiger partial charge in [0.2, 0.25) is 0 Å². The zero-order chi connectivity index (χ0) is 38.0. The van der Waals surface area contributed by atoms with Crippen LogP contribution in [0, 0.1) is 0 Å². The Labute approximate surface area is 310 Å². The number of ether oxygens (including phenoxy) is 3. The number of nitrogens with zero attached hydrogens (tertiary/aromatic N) is 3. The van der Waals surface area contributed by atoms with E-state index in [2.05, 4.69) is 25.5 Å². The summed E-state index contributed by atoms with van der Waals surface area (Å²) in [6, 6.07) is 23.1. The van der Waals surface area contributed by atoms with Crippen molar-refractivity contribution in [3.05, 3.63) is 154 Å². The van der Waals surface area contributed by atoms with Gasteiger partial charge in [0.15, 0.2) is 11.2 Å². The van der Waals surface area contributed by atoms with Gasteiger partial charge < -0.3 is 29.3 Å². The van der Waals surface area contributed by atoms with Crippen molar-refractivity contribution >= 4 is 40.1 Å². The molecule has 3 aromatic carbocycles. The number of para-hydroxylation sites is 1. The topological polar surface area (TPSA) is 162 Å². The van der Waals surface area contributed by atoms with Gasteiger partial charge in [-0.2, -0.15) is 0 Å². The van der Waals surface area contributed by atoms with Gasteiger partial charge in [-0.25, -0.2) is 4.79 Å². The molecule has 274 valence electrons. The lowest BCUT2D eigenvalue weighted by molar-refractivity contribution is 0.0600. The van der Waals surface area contributed by atoms with Crippen molar-refractivity contribution in [3.8, 4) is 11.5 Å². The summed E-state index contributed by atoms with van der Waals surface area (Å²) in [6.07, 6.45) is 7.68. The van der Waals surface area contributed by atoms with Crippen LogP contribution in [0.3, 0.4) is 0 Å². The van der Waals surface area contributed by atoms with Crippen LogP contribution in [0.4, 0.5) is 11.4 Å². The van der Waals surface area contributed by atoms with Crippen LogP contribution >= 0.6 is 0 Å². The average Bonchev–Trinajstić information content (AvgIpc) is 3.20. The van der Waals surface area contributed by atoms with E-state index in [4.69, 9.17) is 18.6 Å². The molecule has 13 heteroatoms. The van der Waals surface area contributed by atoms with Gasteiger partial charge in [0.1, 0.15) is 17.1 Å². The van der Waals surface area contributed by atoms with E-state index >= 15 is 0 Å². The lowest BCUT2D eigenvalue weighted by atomic mass is 10.1. The first-order valence-electron chi connectivity index (χ1n) is 16.9. The molecular formula is C41H37N5O8. The minimum atomic E-state index is -0.780. The summed E-state index contributed by atoms with van der Waals surface area (Å²) in [4.78, 5) is 62.7. The number of fused-ring (bicyclic) bond motifs is 1. The van der Waals surface area contributed by atoms with Crippen molar-refractivity contribution < 1.29 is 33.0 Å². The summed E-state index contributed by atoms with van der Waals surface area (Å²) in [5.41, 5.74) is 3.58. The van der Waals surface area contributed by atoms with E-state index in [9.17, 15) is 19.2 Å². The van der Waals surface area contributed by atoms with Crippen LogP contribution in [0.2, 0.25) is 0 Å². The van der Waals surface area contributed by atoms with Gasteiger partial charge >= 0.3 is 5.97 Å². The van der Waals surface area contributed by atoms with Crippen LogP contribution in [-0.2, 0) is 24.2 Å². The molecule has 0 aliphatic heterocycles. The molecule has 0 aliphatic rings. The highest BCUT2D eigenvalue weighted by Gasteiger charge is 2.20. The number of aromatic nitrogens is 2. The molecule has 0 aliphatic carbocycles. The van der Waals surface area contributed by atoms with E-state index in [1.54, 1.807) is 63.0 Å². The fourth-order valence-corrected chi connectivity index (χ4v) is 5.78. The Hall–Kier alpha value is -6.86. The summed E-state index contributed by atoms with van der Waals surface area (Å²) < 4.78 is 21.2. The molecule has 0 saturated heterocycles. The van der Waals surface area contributed by atoms with E-state index in [0.717, 1.165) is 22.8 Å². The molecule has 6 aromatic rings. The molecule has 2 amide bonds. The van der Waals surface area contributed by atoms with Gasteiger partial charge in [-0.3, -0.25) is 29.3 Å². The Bertz CT molecular complexity index is 2310. The fourth-order valence-electron chi connectivity index (χ4n) is 5.78. The zero-order valence-electron chi connectivity index (χ0n) is 29.8. The van der Waals surface area contributed by atoms with Crippen molar-refractivity contribution in [2.75, 3.05) is 38.5 Å². The Kier molecular flexibility index (Phi) is 11.7. The first-order chi connectivity index (χ1) is 26.2. The number of methoxy groups -OCH3 is 3. The maximum atomic E-state index is 13.6. The summed E-state index contributed by atoms with van der Waals surface area (Å²) in [5, 5.41) is 5.80. The SMILES string of the molecule is COC(=O)c1ccc(C(=O)Nc2ccc(CCN(Cc3cncc(OC)c3)Cc3cncc(OC)c3)cc2)c(NC(=O)c2cc(=O)c3ccccc3o2)c1. The standard InChI is InChI=1S/C41H37N5O8/c1-51-31-16-27(20-42-22-31)24-46(25-28-17-32(52-2)23-43-21-28)15-14-26-8-11-30(12-9-26)44-39(48)33-13-10-29(41(50)53-3)18-35(33)45-40(49)38-19-36(47)34-6-4-5-7-37(34)54-38/h4-13,16-23H,14-15,24-25H2,1-3H3,(H,44,48)(H,45,49). The lowest BCUT2D eigenvalue weighted by Gasteiger charge is -2.23. The maximum Gasteiger partial charge on any atom is 0.337 e. The molecule has 3 aromatic heterocycles. The number of amides is 2. The zero-order valence-corrected chi connectivity index (χ0v) is 29.8. The number of nitrogens with one attached hydrogen (secondary N) is 2.